The SMILES string of the molecule is COCn1cc(C)c(-c2ccc3c(c2)c2cc(-c4ccc(F)cc4)c(=O)n(C)c2n3C)n1. The van der Waals surface area contributed by atoms with Gasteiger partial charge in [-0.1, -0.05) is 18.2 Å². The molecule has 3 heterocycles. The Kier molecular flexibility index (Phi) is 4.71. The van der Waals surface area contributed by atoms with Gasteiger partial charge in [0, 0.05) is 49.3 Å². The number of aromatic nitrogens is 4. The van der Waals surface area contributed by atoms with Crippen molar-refractivity contribution in [2.75, 3.05) is 7.11 Å². The summed E-state index contributed by atoms with van der Waals surface area (Å²) in [6, 6.07) is 14.2. The van der Waals surface area contributed by atoms with Crippen LogP contribution >= 0.6 is 0 Å². The number of benzene rings is 2. The Labute approximate surface area is 184 Å². The number of hydrogen-bond donors (Lipinski definition) is 0. The Morgan fingerprint density at radius 1 is 0.969 bits per heavy atom. The molecule has 0 spiro atoms. The molecule has 32 heavy (non-hydrogen) atoms. The minimum atomic E-state index is -0.329. The van der Waals surface area contributed by atoms with E-state index in [4.69, 9.17) is 4.74 Å². The number of rotatable bonds is 4. The van der Waals surface area contributed by atoms with Gasteiger partial charge in [0.1, 0.15) is 18.2 Å². The number of nitrogens with zero attached hydrogens (tertiary/aromatic N) is 4. The van der Waals surface area contributed by atoms with Crippen LogP contribution in [0, 0.1) is 12.7 Å². The first-order chi connectivity index (χ1) is 15.4. The van der Waals surface area contributed by atoms with E-state index in [1.807, 2.05) is 36.9 Å². The molecule has 7 heteroatoms. The zero-order chi connectivity index (χ0) is 22.6. The third kappa shape index (κ3) is 3.05. The first-order valence-electron chi connectivity index (χ1n) is 10.3. The fraction of sp³-hybridized carbons (Fsp3) is 0.200. The van der Waals surface area contributed by atoms with Crippen molar-refractivity contribution in [3.63, 3.8) is 0 Å². The van der Waals surface area contributed by atoms with Gasteiger partial charge < -0.3 is 9.30 Å². The molecule has 0 bridgehead atoms. The van der Waals surface area contributed by atoms with Gasteiger partial charge in [0.25, 0.3) is 5.56 Å². The molecule has 0 radical (unpaired) electrons. The number of hydrogen-bond acceptors (Lipinski definition) is 3. The van der Waals surface area contributed by atoms with Crippen molar-refractivity contribution < 1.29 is 9.13 Å². The lowest BCUT2D eigenvalue weighted by molar-refractivity contribution is 0.121. The molecule has 3 aromatic heterocycles. The lowest BCUT2D eigenvalue weighted by atomic mass is 10.0. The smallest absolute Gasteiger partial charge is 0.259 e. The topological polar surface area (TPSA) is 54.0 Å². The molecule has 0 saturated carbocycles. The van der Waals surface area contributed by atoms with Crippen molar-refractivity contribution >= 4 is 21.9 Å². The minimum absolute atomic E-state index is 0.121. The zero-order valence-electron chi connectivity index (χ0n) is 18.4. The normalized spacial score (nSPS) is 11.7. The van der Waals surface area contributed by atoms with Gasteiger partial charge in [-0.3, -0.25) is 9.36 Å². The van der Waals surface area contributed by atoms with E-state index >= 15 is 0 Å². The maximum atomic E-state index is 13.4. The summed E-state index contributed by atoms with van der Waals surface area (Å²) in [7, 11) is 5.37. The van der Waals surface area contributed by atoms with Crippen LogP contribution in [0.4, 0.5) is 4.39 Å². The number of aryl methyl sites for hydroxylation is 3. The van der Waals surface area contributed by atoms with Crippen LogP contribution < -0.4 is 5.56 Å². The summed E-state index contributed by atoms with van der Waals surface area (Å²) >= 11 is 0. The van der Waals surface area contributed by atoms with Gasteiger partial charge in [-0.05, 0) is 48.4 Å². The molecule has 0 unspecified atom stereocenters. The predicted molar refractivity (Wildman–Crippen MR) is 124 cm³/mol. The second kappa shape index (κ2) is 7.46. The zero-order valence-corrected chi connectivity index (χ0v) is 18.4. The van der Waals surface area contributed by atoms with Crippen LogP contribution in [0.15, 0.2) is 59.5 Å². The summed E-state index contributed by atoms with van der Waals surface area (Å²) in [5, 5.41) is 6.65. The molecular formula is C25H23FN4O2. The summed E-state index contributed by atoms with van der Waals surface area (Å²) in [6.45, 7) is 2.42. The van der Waals surface area contributed by atoms with Crippen LogP contribution in [0.3, 0.4) is 0 Å². The largest absolute Gasteiger partial charge is 0.362 e. The molecule has 0 amide bonds. The van der Waals surface area contributed by atoms with E-state index in [0.717, 1.165) is 38.8 Å². The van der Waals surface area contributed by atoms with Crippen LogP contribution in [0.2, 0.25) is 0 Å². The quantitative estimate of drug-likeness (QED) is 0.418. The van der Waals surface area contributed by atoms with Crippen molar-refractivity contribution in [1.82, 2.24) is 18.9 Å². The van der Waals surface area contributed by atoms with Gasteiger partial charge in [-0.15, -0.1) is 0 Å². The van der Waals surface area contributed by atoms with Crippen molar-refractivity contribution in [2.24, 2.45) is 14.1 Å². The molecule has 0 fully saturated rings. The molecule has 0 aliphatic rings. The summed E-state index contributed by atoms with van der Waals surface area (Å²) in [6.07, 6.45) is 1.96. The van der Waals surface area contributed by atoms with Gasteiger partial charge >= 0.3 is 0 Å². The van der Waals surface area contributed by atoms with E-state index in [2.05, 4.69) is 17.2 Å². The Morgan fingerprint density at radius 3 is 2.41 bits per heavy atom. The molecular weight excluding hydrogens is 407 g/mol. The van der Waals surface area contributed by atoms with Crippen LogP contribution in [0.5, 0.6) is 0 Å². The molecule has 0 aliphatic carbocycles. The summed E-state index contributed by atoms with van der Waals surface area (Å²) < 4.78 is 24.1. The molecule has 0 N–H and O–H groups in total. The van der Waals surface area contributed by atoms with Crippen LogP contribution in [-0.4, -0.2) is 26.0 Å². The highest BCUT2D eigenvalue weighted by molar-refractivity contribution is 6.09. The molecule has 6 nitrogen and oxygen atoms in total. The molecule has 0 aliphatic heterocycles. The molecule has 5 rings (SSSR count). The summed E-state index contributed by atoms with van der Waals surface area (Å²) in [4.78, 5) is 13.1. The van der Waals surface area contributed by atoms with Crippen molar-refractivity contribution in [3.8, 4) is 22.4 Å². The maximum Gasteiger partial charge on any atom is 0.259 e. The monoisotopic (exact) mass is 430 g/mol. The average Bonchev–Trinajstić information content (AvgIpc) is 3.28. The van der Waals surface area contributed by atoms with Crippen molar-refractivity contribution in [3.05, 3.63) is 76.5 Å². The average molecular weight is 430 g/mol. The maximum absolute atomic E-state index is 13.4. The van der Waals surface area contributed by atoms with Gasteiger partial charge in [0.2, 0.25) is 0 Å². The van der Waals surface area contributed by atoms with Crippen LogP contribution in [-0.2, 0) is 25.6 Å². The van der Waals surface area contributed by atoms with E-state index in [1.165, 1.54) is 12.1 Å². The highest BCUT2D eigenvalue weighted by Gasteiger charge is 2.17. The van der Waals surface area contributed by atoms with E-state index in [-0.39, 0.29) is 11.4 Å². The number of fused-ring (bicyclic) bond motifs is 3. The highest BCUT2D eigenvalue weighted by Crippen LogP contribution is 2.33. The first-order valence-corrected chi connectivity index (χ1v) is 10.3. The standard InChI is InChI=1S/C25H23FN4O2/c1-15-13-30(14-32-4)27-23(15)17-7-10-22-20(11-17)21-12-19(16-5-8-18(26)9-6-16)25(31)29(3)24(21)28(22)2/h5-13H,14H2,1-4H3. The van der Waals surface area contributed by atoms with Crippen LogP contribution in [0.1, 0.15) is 5.56 Å². The third-order valence-corrected chi connectivity index (χ3v) is 5.98. The molecule has 0 saturated heterocycles. The van der Waals surface area contributed by atoms with Gasteiger partial charge in [0.05, 0.1) is 11.2 Å². The molecule has 2 aromatic carbocycles. The summed E-state index contributed by atoms with van der Waals surface area (Å²) in [5.74, 6) is -0.329. The van der Waals surface area contributed by atoms with Crippen molar-refractivity contribution in [1.29, 1.82) is 0 Å². The highest BCUT2D eigenvalue weighted by atomic mass is 19.1. The number of halogens is 1. The van der Waals surface area contributed by atoms with E-state index in [0.29, 0.717) is 17.9 Å². The van der Waals surface area contributed by atoms with Crippen LogP contribution in [0.25, 0.3) is 44.3 Å². The Balaban J connectivity index is 1.78. The van der Waals surface area contributed by atoms with Gasteiger partial charge in [-0.2, -0.15) is 5.10 Å². The van der Waals surface area contributed by atoms with E-state index in [1.54, 1.807) is 35.5 Å². The second-order valence-electron chi connectivity index (χ2n) is 8.08. The van der Waals surface area contributed by atoms with Crippen molar-refractivity contribution in [2.45, 2.75) is 13.7 Å². The number of methoxy groups -OCH3 is 1. The molecule has 162 valence electrons. The van der Waals surface area contributed by atoms with E-state index in [9.17, 15) is 9.18 Å². The van der Waals surface area contributed by atoms with Gasteiger partial charge in [0.15, 0.2) is 0 Å². The second-order valence-corrected chi connectivity index (χ2v) is 8.08. The molecule has 0 atom stereocenters. The first kappa shape index (κ1) is 20.2. The fourth-order valence-electron chi connectivity index (χ4n) is 4.48. The fourth-order valence-corrected chi connectivity index (χ4v) is 4.48. The number of pyridine rings is 1. The third-order valence-electron chi connectivity index (χ3n) is 5.98. The molecule has 5 aromatic rings. The number of ether oxygens (including phenoxy) is 1. The minimum Gasteiger partial charge on any atom is -0.362 e. The Bertz CT molecular complexity index is 1540. The lowest BCUT2D eigenvalue weighted by Gasteiger charge is -2.08. The lowest BCUT2D eigenvalue weighted by Crippen LogP contribution is -2.20. The Morgan fingerprint density at radius 2 is 1.69 bits per heavy atom. The van der Waals surface area contributed by atoms with E-state index < -0.39 is 0 Å². The summed E-state index contributed by atoms with van der Waals surface area (Å²) in [5.41, 5.74) is 5.90. The van der Waals surface area contributed by atoms with Gasteiger partial charge in [-0.25, -0.2) is 9.07 Å². The predicted octanol–water partition coefficient (Wildman–Crippen LogP) is 4.61. The Hall–Kier alpha value is -3.71.